The summed E-state index contributed by atoms with van der Waals surface area (Å²) in [7, 11) is 0. The third-order valence-corrected chi connectivity index (χ3v) is 9.11. The highest BCUT2D eigenvalue weighted by molar-refractivity contribution is 6.02. The first-order valence-corrected chi connectivity index (χ1v) is 12.4. The molecule has 4 atom stereocenters. The SMILES string of the molecule is CCC12C=C(C3(C(=O)O)OC(=O)c4ccccc43)C=CC1N1CC=C3CCCN4CCC2C1=C34. The topological polar surface area (TPSA) is 70.1 Å². The molecule has 7 rings (SSSR count). The number of carbonyl (C=O) groups excluding carboxylic acids is 1. The van der Waals surface area contributed by atoms with E-state index < -0.39 is 17.5 Å². The first-order chi connectivity index (χ1) is 16.5. The summed E-state index contributed by atoms with van der Waals surface area (Å²) in [4.78, 5) is 30.7. The third-order valence-electron chi connectivity index (χ3n) is 9.11. The van der Waals surface area contributed by atoms with Crippen molar-refractivity contribution in [3.63, 3.8) is 0 Å². The first-order valence-electron chi connectivity index (χ1n) is 12.4. The minimum atomic E-state index is -1.80. The zero-order valence-electron chi connectivity index (χ0n) is 19.3. The molecule has 6 heteroatoms. The molecule has 5 heterocycles. The van der Waals surface area contributed by atoms with Gasteiger partial charge in [0.2, 0.25) is 0 Å². The Hall–Kier alpha value is -3.28. The van der Waals surface area contributed by atoms with Crippen LogP contribution in [0.5, 0.6) is 0 Å². The molecule has 174 valence electrons. The van der Waals surface area contributed by atoms with Gasteiger partial charge in [-0.15, -0.1) is 0 Å². The number of carboxylic acids is 1. The van der Waals surface area contributed by atoms with E-state index in [0.717, 1.165) is 38.9 Å². The van der Waals surface area contributed by atoms with Crippen molar-refractivity contribution >= 4 is 11.9 Å². The second kappa shape index (κ2) is 6.65. The van der Waals surface area contributed by atoms with Crippen molar-refractivity contribution in [1.82, 2.24) is 9.80 Å². The number of aliphatic carboxylic acids is 1. The molecule has 4 unspecified atom stereocenters. The second-order valence-corrected chi connectivity index (χ2v) is 10.3. The van der Waals surface area contributed by atoms with Gasteiger partial charge in [-0.05, 0) is 37.3 Å². The molecule has 1 aliphatic carbocycles. The lowest BCUT2D eigenvalue weighted by molar-refractivity contribution is -0.154. The molecule has 2 fully saturated rings. The Balaban J connectivity index is 1.42. The maximum atomic E-state index is 12.8. The van der Waals surface area contributed by atoms with E-state index >= 15 is 0 Å². The Morgan fingerprint density at radius 3 is 2.94 bits per heavy atom. The number of esters is 1. The van der Waals surface area contributed by atoms with Crippen molar-refractivity contribution in [1.29, 1.82) is 0 Å². The number of cyclic esters (lactones) is 1. The zero-order valence-corrected chi connectivity index (χ0v) is 19.3. The number of piperidine rings is 1. The standard InChI is InChI=1S/C28H28N2O4/c1-2-27-16-18(28(26(32)33)20-8-4-3-7-19(20)25(31)34-28)9-10-22(27)30-15-11-17-6-5-13-29-14-12-21(27)24(30)23(17)29/h3-4,7-11,16,21-22H,2,5-6,12-15H2,1H3,(H,32,33). The lowest BCUT2D eigenvalue weighted by Gasteiger charge is -2.45. The van der Waals surface area contributed by atoms with E-state index in [1.807, 2.05) is 6.08 Å². The van der Waals surface area contributed by atoms with Gasteiger partial charge in [0.15, 0.2) is 0 Å². The van der Waals surface area contributed by atoms with Crippen molar-refractivity contribution < 1.29 is 19.4 Å². The molecule has 1 aromatic carbocycles. The molecular formula is C28H28N2O4. The van der Waals surface area contributed by atoms with Crippen LogP contribution in [0.1, 0.15) is 48.5 Å². The molecule has 0 radical (unpaired) electrons. The summed E-state index contributed by atoms with van der Waals surface area (Å²) in [5.74, 6) is -1.39. The molecular weight excluding hydrogens is 428 g/mol. The molecule has 0 saturated carbocycles. The van der Waals surface area contributed by atoms with Gasteiger partial charge in [-0.2, -0.15) is 0 Å². The normalized spacial score (nSPS) is 34.8. The summed E-state index contributed by atoms with van der Waals surface area (Å²) < 4.78 is 5.74. The highest BCUT2D eigenvalue weighted by atomic mass is 16.6. The molecule has 2 saturated heterocycles. The Morgan fingerprint density at radius 1 is 1.26 bits per heavy atom. The third kappa shape index (κ3) is 2.22. The number of benzene rings is 1. The number of allylic oxidation sites excluding steroid dienone is 2. The van der Waals surface area contributed by atoms with Crippen molar-refractivity contribution in [3.8, 4) is 0 Å². The molecule has 1 N–H and O–H groups in total. The van der Waals surface area contributed by atoms with Crippen LogP contribution in [0.3, 0.4) is 0 Å². The van der Waals surface area contributed by atoms with Gasteiger partial charge in [0.25, 0.3) is 5.60 Å². The van der Waals surface area contributed by atoms with Crippen LogP contribution in [0.15, 0.2) is 71.1 Å². The molecule has 5 aliphatic heterocycles. The smallest absolute Gasteiger partial charge is 0.357 e. The van der Waals surface area contributed by atoms with Crippen molar-refractivity contribution in [2.24, 2.45) is 11.3 Å². The van der Waals surface area contributed by atoms with Crippen LogP contribution in [0, 0.1) is 11.3 Å². The van der Waals surface area contributed by atoms with E-state index in [0.29, 0.717) is 22.6 Å². The maximum Gasteiger partial charge on any atom is 0.357 e. The molecule has 6 nitrogen and oxygen atoms in total. The molecule has 6 aliphatic rings. The monoisotopic (exact) mass is 456 g/mol. The Bertz CT molecular complexity index is 1270. The van der Waals surface area contributed by atoms with Gasteiger partial charge in [0, 0.05) is 47.8 Å². The number of ether oxygens (including phenoxy) is 1. The number of hydrogen-bond donors (Lipinski definition) is 1. The van der Waals surface area contributed by atoms with Gasteiger partial charge in [0.1, 0.15) is 0 Å². The van der Waals surface area contributed by atoms with Crippen molar-refractivity contribution in [2.45, 2.75) is 44.2 Å². The Morgan fingerprint density at radius 2 is 2.12 bits per heavy atom. The van der Waals surface area contributed by atoms with Gasteiger partial charge in [-0.1, -0.05) is 49.4 Å². The number of carbonyl (C=O) groups is 2. The molecule has 0 spiro atoms. The van der Waals surface area contributed by atoms with E-state index in [1.165, 1.54) is 23.4 Å². The van der Waals surface area contributed by atoms with Crippen LogP contribution in [0.2, 0.25) is 0 Å². The molecule has 1 aromatic rings. The summed E-state index contributed by atoms with van der Waals surface area (Å²) in [5.41, 5.74) is 3.68. The summed E-state index contributed by atoms with van der Waals surface area (Å²) >= 11 is 0. The summed E-state index contributed by atoms with van der Waals surface area (Å²) in [6, 6.07) is 7.07. The van der Waals surface area contributed by atoms with Crippen LogP contribution in [0.4, 0.5) is 0 Å². The molecule has 0 bridgehead atoms. The van der Waals surface area contributed by atoms with Crippen LogP contribution in [0.25, 0.3) is 0 Å². The van der Waals surface area contributed by atoms with Crippen molar-refractivity contribution in [3.05, 3.63) is 82.2 Å². The number of carboxylic acid groups (broad SMARTS) is 1. The number of nitrogens with zero attached hydrogens (tertiary/aromatic N) is 2. The van der Waals surface area contributed by atoms with E-state index in [9.17, 15) is 14.7 Å². The fraction of sp³-hybridized carbons (Fsp3) is 0.429. The average Bonchev–Trinajstić information content (AvgIpc) is 3.34. The van der Waals surface area contributed by atoms with Gasteiger partial charge < -0.3 is 19.6 Å². The van der Waals surface area contributed by atoms with Gasteiger partial charge in [-0.3, -0.25) is 0 Å². The van der Waals surface area contributed by atoms with E-state index in [-0.39, 0.29) is 11.5 Å². The Kier molecular flexibility index (Phi) is 3.94. The minimum Gasteiger partial charge on any atom is -0.478 e. The zero-order chi connectivity index (χ0) is 23.2. The van der Waals surface area contributed by atoms with E-state index in [2.05, 4.69) is 35.0 Å². The van der Waals surface area contributed by atoms with Crippen molar-refractivity contribution in [2.75, 3.05) is 19.6 Å². The lowest BCUT2D eigenvalue weighted by Crippen LogP contribution is -2.44. The number of hydrogen-bond acceptors (Lipinski definition) is 5. The van der Waals surface area contributed by atoms with Gasteiger partial charge in [0.05, 0.1) is 17.3 Å². The highest BCUT2D eigenvalue weighted by Crippen LogP contribution is 2.61. The van der Waals surface area contributed by atoms with E-state index in [1.54, 1.807) is 24.3 Å². The molecule has 0 aromatic heterocycles. The fourth-order valence-corrected chi connectivity index (χ4v) is 7.65. The van der Waals surface area contributed by atoms with Crippen LogP contribution in [-0.2, 0) is 15.1 Å². The quantitative estimate of drug-likeness (QED) is 0.694. The average molecular weight is 457 g/mol. The van der Waals surface area contributed by atoms with Gasteiger partial charge in [-0.25, -0.2) is 9.59 Å². The molecule has 34 heavy (non-hydrogen) atoms. The largest absolute Gasteiger partial charge is 0.478 e. The predicted octanol–water partition coefficient (Wildman–Crippen LogP) is 3.98. The van der Waals surface area contributed by atoms with E-state index in [4.69, 9.17) is 4.74 Å². The first kappa shape index (κ1) is 20.1. The Labute approximate surface area is 198 Å². The summed E-state index contributed by atoms with van der Waals surface area (Å²) in [5, 5.41) is 10.5. The maximum absolute atomic E-state index is 12.8. The molecule has 0 amide bonds. The summed E-state index contributed by atoms with van der Waals surface area (Å²) in [6.07, 6.45) is 13.0. The number of fused-ring (bicyclic) bond motifs is 4. The predicted molar refractivity (Wildman–Crippen MR) is 126 cm³/mol. The highest BCUT2D eigenvalue weighted by Gasteiger charge is 2.61. The van der Waals surface area contributed by atoms with Crippen LogP contribution in [-0.4, -0.2) is 52.5 Å². The minimum absolute atomic E-state index is 0.173. The van der Waals surface area contributed by atoms with Crippen LogP contribution < -0.4 is 0 Å². The summed E-state index contributed by atoms with van der Waals surface area (Å²) in [6.45, 7) is 5.28. The van der Waals surface area contributed by atoms with Crippen LogP contribution >= 0.6 is 0 Å². The second-order valence-electron chi connectivity index (χ2n) is 10.3. The van der Waals surface area contributed by atoms with Gasteiger partial charge >= 0.3 is 11.9 Å². The lowest BCUT2D eigenvalue weighted by atomic mass is 9.63. The number of rotatable bonds is 3. The fourth-order valence-electron chi connectivity index (χ4n) is 7.65.